The third kappa shape index (κ3) is 4.18. The van der Waals surface area contributed by atoms with E-state index in [0.717, 1.165) is 17.5 Å². The van der Waals surface area contributed by atoms with Crippen LogP contribution in [0.2, 0.25) is 0 Å². The van der Waals surface area contributed by atoms with Crippen molar-refractivity contribution in [3.05, 3.63) is 53.9 Å². The third-order valence-corrected chi connectivity index (χ3v) is 5.92. The number of aromatic nitrogens is 1. The first-order chi connectivity index (χ1) is 12.0. The maximum atomic E-state index is 12.7. The summed E-state index contributed by atoms with van der Waals surface area (Å²) in [6.45, 7) is 2.74. The fourth-order valence-electron chi connectivity index (χ4n) is 3.04. The van der Waals surface area contributed by atoms with E-state index in [1.165, 1.54) is 0 Å². The predicted octanol–water partition coefficient (Wildman–Crippen LogP) is 1.93. The van der Waals surface area contributed by atoms with Gasteiger partial charge < -0.3 is 9.47 Å². The van der Waals surface area contributed by atoms with Crippen LogP contribution in [0, 0.1) is 12.8 Å². The lowest BCUT2D eigenvalue weighted by molar-refractivity contribution is 0.183. The number of hydrogen-bond donors (Lipinski definition) is 1. The van der Waals surface area contributed by atoms with Crippen LogP contribution >= 0.6 is 0 Å². The second kappa shape index (κ2) is 7.51. The van der Waals surface area contributed by atoms with Gasteiger partial charge in [-0.15, -0.1) is 0 Å². The lowest BCUT2D eigenvalue weighted by Gasteiger charge is -2.19. The highest BCUT2D eigenvalue weighted by atomic mass is 32.2. The fraction of sp³-hybridized carbons (Fsp3) is 0.389. The highest BCUT2D eigenvalue weighted by molar-refractivity contribution is 7.89. The summed E-state index contributed by atoms with van der Waals surface area (Å²) < 4.78 is 38.9. The van der Waals surface area contributed by atoms with E-state index in [4.69, 9.17) is 9.47 Å². The SMILES string of the molecule is COc1ccc(S(=O)(=O)N[C@@H]2COC[C@H]2Cc2ccncc2)cc1C. The number of nitrogens with one attached hydrogen (secondary N) is 1. The summed E-state index contributed by atoms with van der Waals surface area (Å²) in [5.41, 5.74) is 1.90. The molecule has 2 aromatic rings. The maximum absolute atomic E-state index is 12.7. The lowest BCUT2D eigenvalue weighted by Crippen LogP contribution is -2.40. The molecule has 0 spiro atoms. The molecule has 2 heterocycles. The van der Waals surface area contributed by atoms with Crippen molar-refractivity contribution in [1.82, 2.24) is 9.71 Å². The zero-order valence-corrected chi connectivity index (χ0v) is 15.1. The maximum Gasteiger partial charge on any atom is 0.240 e. The number of nitrogens with zero attached hydrogens (tertiary/aromatic N) is 1. The second-order valence-electron chi connectivity index (χ2n) is 6.22. The van der Waals surface area contributed by atoms with Gasteiger partial charge in [-0.3, -0.25) is 4.98 Å². The van der Waals surface area contributed by atoms with Crippen LogP contribution in [0.1, 0.15) is 11.1 Å². The molecule has 1 aromatic heterocycles. The van der Waals surface area contributed by atoms with E-state index in [0.29, 0.717) is 19.0 Å². The number of methoxy groups -OCH3 is 1. The van der Waals surface area contributed by atoms with Crippen molar-refractivity contribution >= 4 is 10.0 Å². The summed E-state index contributed by atoms with van der Waals surface area (Å²) in [6, 6.07) is 8.48. The molecule has 1 aliphatic rings. The van der Waals surface area contributed by atoms with Crippen LogP contribution in [-0.2, 0) is 21.2 Å². The van der Waals surface area contributed by atoms with Gasteiger partial charge in [0.1, 0.15) is 5.75 Å². The van der Waals surface area contributed by atoms with E-state index in [9.17, 15) is 8.42 Å². The molecular formula is C18H22N2O4S. The van der Waals surface area contributed by atoms with Gasteiger partial charge in [0.2, 0.25) is 10.0 Å². The Balaban J connectivity index is 1.74. The lowest BCUT2D eigenvalue weighted by atomic mass is 9.96. The van der Waals surface area contributed by atoms with Crippen molar-refractivity contribution in [1.29, 1.82) is 0 Å². The summed E-state index contributed by atoms with van der Waals surface area (Å²) in [4.78, 5) is 4.24. The van der Waals surface area contributed by atoms with E-state index >= 15 is 0 Å². The number of pyridine rings is 1. The minimum Gasteiger partial charge on any atom is -0.496 e. The topological polar surface area (TPSA) is 77.5 Å². The van der Waals surface area contributed by atoms with Crippen molar-refractivity contribution in [3.63, 3.8) is 0 Å². The van der Waals surface area contributed by atoms with Gasteiger partial charge in [-0.05, 0) is 54.8 Å². The number of aryl methyl sites for hydroxylation is 1. The molecule has 7 heteroatoms. The smallest absolute Gasteiger partial charge is 0.240 e. The van der Waals surface area contributed by atoms with Gasteiger partial charge in [0, 0.05) is 18.3 Å². The molecule has 0 saturated carbocycles. The van der Waals surface area contributed by atoms with Gasteiger partial charge >= 0.3 is 0 Å². The molecule has 1 fully saturated rings. The molecule has 1 N–H and O–H groups in total. The van der Waals surface area contributed by atoms with E-state index in [-0.39, 0.29) is 16.9 Å². The molecule has 1 saturated heterocycles. The van der Waals surface area contributed by atoms with Gasteiger partial charge in [0.25, 0.3) is 0 Å². The van der Waals surface area contributed by atoms with Crippen molar-refractivity contribution in [2.45, 2.75) is 24.3 Å². The monoisotopic (exact) mass is 362 g/mol. The molecule has 1 aromatic carbocycles. The molecular weight excluding hydrogens is 340 g/mol. The summed E-state index contributed by atoms with van der Waals surface area (Å²) >= 11 is 0. The van der Waals surface area contributed by atoms with E-state index in [1.54, 1.807) is 37.7 Å². The average molecular weight is 362 g/mol. The molecule has 134 valence electrons. The van der Waals surface area contributed by atoms with Crippen molar-refractivity contribution < 1.29 is 17.9 Å². The van der Waals surface area contributed by atoms with Crippen molar-refractivity contribution in [2.75, 3.05) is 20.3 Å². The summed E-state index contributed by atoms with van der Waals surface area (Å²) in [5.74, 6) is 0.759. The largest absolute Gasteiger partial charge is 0.496 e. The molecule has 6 nitrogen and oxygen atoms in total. The Morgan fingerprint density at radius 3 is 2.68 bits per heavy atom. The molecule has 25 heavy (non-hydrogen) atoms. The minimum absolute atomic E-state index is 0.0940. The Bertz CT molecular complexity index is 824. The van der Waals surface area contributed by atoms with Crippen molar-refractivity contribution in [3.8, 4) is 5.75 Å². The third-order valence-electron chi connectivity index (χ3n) is 4.43. The first kappa shape index (κ1) is 17.8. The summed E-state index contributed by atoms with van der Waals surface area (Å²) in [5, 5.41) is 0. The van der Waals surface area contributed by atoms with Gasteiger partial charge in [0.15, 0.2) is 0 Å². The number of hydrogen-bond acceptors (Lipinski definition) is 5. The second-order valence-corrected chi connectivity index (χ2v) is 7.93. The predicted molar refractivity (Wildman–Crippen MR) is 94.1 cm³/mol. The van der Waals surface area contributed by atoms with Gasteiger partial charge in [-0.1, -0.05) is 0 Å². The molecule has 0 radical (unpaired) electrons. The van der Waals surface area contributed by atoms with Gasteiger partial charge in [0.05, 0.1) is 31.3 Å². The minimum atomic E-state index is -3.61. The number of sulfonamides is 1. The Morgan fingerprint density at radius 1 is 1.24 bits per heavy atom. The van der Waals surface area contributed by atoms with Gasteiger partial charge in [-0.25, -0.2) is 13.1 Å². The highest BCUT2D eigenvalue weighted by Crippen LogP contribution is 2.24. The standard InChI is InChI=1S/C18H22N2O4S/c1-13-9-16(3-4-18(13)23-2)25(21,22)20-17-12-24-11-15(17)10-14-5-7-19-8-6-14/h3-9,15,17,20H,10-12H2,1-2H3/t15-,17-/m1/s1. The fourth-order valence-corrected chi connectivity index (χ4v) is 4.41. The number of rotatable bonds is 6. The van der Waals surface area contributed by atoms with Gasteiger partial charge in [-0.2, -0.15) is 0 Å². The molecule has 0 amide bonds. The van der Waals surface area contributed by atoms with Crippen LogP contribution in [0.4, 0.5) is 0 Å². The summed E-state index contributed by atoms with van der Waals surface area (Å²) in [7, 11) is -2.05. The Morgan fingerprint density at radius 2 is 2.00 bits per heavy atom. The van der Waals surface area contributed by atoms with E-state index in [1.807, 2.05) is 19.1 Å². The van der Waals surface area contributed by atoms with Crippen LogP contribution in [0.3, 0.4) is 0 Å². The van der Waals surface area contributed by atoms with Crippen LogP contribution in [0.25, 0.3) is 0 Å². The zero-order chi connectivity index (χ0) is 17.9. The zero-order valence-electron chi connectivity index (χ0n) is 14.3. The summed E-state index contributed by atoms with van der Waals surface area (Å²) in [6.07, 6.45) is 4.23. The Kier molecular flexibility index (Phi) is 5.36. The number of benzene rings is 1. The normalized spacial score (nSPS) is 20.6. The molecule has 3 rings (SSSR count). The Hall–Kier alpha value is -1.96. The van der Waals surface area contributed by atoms with E-state index < -0.39 is 10.0 Å². The van der Waals surface area contributed by atoms with Crippen molar-refractivity contribution in [2.24, 2.45) is 5.92 Å². The molecule has 1 aliphatic heterocycles. The molecule has 2 atom stereocenters. The Labute approximate surface area is 148 Å². The molecule has 0 bridgehead atoms. The molecule has 0 aliphatic carbocycles. The first-order valence-electron chi connectivity index (χ1n) is 8.13. The number of ether oxygens (including phenoxy) is 2. The van der Waals surface area contributed by atoms with Crippen LogP contribution in [-0.4, -0.2) is 39.8 Å². The van der Waals surface area contributed by atoms with Crippen LogP contribution in [0.15, 0.2) is 47.6 Å². The molecule has 0 unspecified atom stereocenters. The first-order valence-corrected chi connectivity index (χ1v) is 9.61. The van der Waals surface area contributed by atoms with E-state index in [2.05, 4.69) is 9.71 Å². The highest BCUT2D eigenvalue weighted by Gasteiger charge is 2.32. The average Bonchev–Trinajstić information content (AvgIpc) is 3.02. The van der Waals surface area contributed by atoms with Crippen LogP contribution < -0.4 is 9.46 Å². The van der Waals surface area contributed by atoms with Crippen LogP contribution in [0.5, 0.6) is 5.75 Å². The quantitative estimate of drug-likeness (QED) is 0.850.